The summed E-state index contributed by atoms with van der Waals surface area (Å²) in [6, 6.07) is 0.743. The number of methoxy groups -OCH3 is 1. The molecule has 0 aromatic heterocycles. The number of rotatable bonds is 8. The standard InChI is InChI=1S/C13H24N2O2/c1-17-10-4-2-3-8-15-9-7-12(13(15)16)14-11-5-6-11/h11-12,14H,2-10H2,1H3. The lowest BCUT2D eigenvalue weighted by molar-refractivity contribution is -0.129. The summed E-state index contributed by atoms with van der Waals surface area (Å²) in [4.78, 5) is 14.0. The van der Waals surface area contributed by atoms with E-state index in [-0.39, 0.29) is 6.04 Å². The average Bonchev–Trinajstić information content (AvgIpc) is 3.08. The molecule has 1 amide bonds. The summed E-state index contributed by atoms with van der Waals surface area (Å²) in [6.45, 7) is 2.69. The number of carbonyl (C=O) groups excluding carboxylic acids is 1. The molecule has 0 radical (unpaired) electrons. The maximum atomic E-state index is 12.0. The molecule has 2 rings (SSSR count). The van der Waals surface area contributed by atoms with E-state index in [2.05, 4.69) is 5.32 Å². The Morgan fingerprint density at radius 1 is 1.29 bits per heavy atom. The van der Waals surface area contributed by atoms with Crippen LogP contribution in [0.25, 0.3) is 0 Å². The molecule has 4 nitrogen and oxygen atoms in total. The second kappa shape index (κ2) is 6.36. The van der Waals surface area contributed by atoms with Crippen molar-refractivity contribution in [2.75, 3.05) is 26.8 Å². The van der Waals surface area contributed by atoms with E-state index in [0.717, 1.165) is 45.4 Å². The Morgan fingerprint density at radius 3 is 2.82 bits per heavy atom. The molecule has 2 aliphatic rings. The van der Waals surface area contributed by atoms with E-state index in [0.29, 0.717) is 11.9 Å². The molecule has 0 bridgehead atoms. The number of unbranched alkanes of at least 4 members (excludes halogenated alkanes) is 2. The van der Waals surface area contributed by atoms with Gasteiger partial charge in [-0.1, -0.05) is 0 Å². The van der Waals surface area contributed by atoms with E-state index in [4.69, 9.17) is 4.74 Å². The first kappa shape index (κ1) is 12.8. The van der Waals surface area contributed by atoms with Crippen LogP contribution in [0.4, 0.5) is 0 Å². The molecule has 1 heterocycles. The summed E-state index contributed by atoms with van der Waals surface area (Å²) in [5, 5.41) is 3.43. The minimum atomic E-state index is 0.112. The molecule has 1 aliphatic carbocycles. The van der Waals surface area contributed by atoms with Gasteiger partial charge in [0.05, 0.1) is 6.04 Å². The number of nitrogens with one attached hydrogen (secondary N) is 1. The van der Waals surface area contributed by atoms with Crippen LogP contribution >= 0.6 is 0 Å². The molecular weight excluding hydrogens is 216 g/mol. The monoisotopic (exact) mass is 240 g/mol. The van der Waals surface area contributed by atoms with Crippen LogP contribution in [0, 0.1) is 0 Å². The Morgan fingerprint density at radius 2 is 2.12 bits per heavy atom. The lowest BCUT2D eigenvalue weighted by Gasteiger charge is -2.16. The highest BCUT2D eigenvalue weighted by Crippen LogP contribution is 2.22. The van der Waals surface area contributed by atoms with Crippen molar-refractivity contribution in [1.29, 1.82) is 0 Å². The zero-order chi connectivity index (χ0) is 12.1. The Hall–Kier alpha value is -0.610. The third kappa shape index (κ3) is 3.96. The maximum Gasteiger partial charge on any atom is 0.239 e. The number of carbonyl (C=O) groups is 1. The van der Waals surface area contributed by atoms with E-state index >= 15 is 0 Å². The fraction of sp³-hybridized carbons (Fsp3) is 0.923. The molecule has 0 aromatic carbocycles. The molecule has 1 saturated carbocycles. The molecule has 0 aromatic rings. The number of hydrogen-bond acceptors (Lipinski definition) is 3. The minimum absolute atomic E-state index is 0.112. The number of amides is 1. The van der Waals surface area contributed by atoms with Crippen molar-refractivity contribution < 1.29 is 9.53 Å². The lowest BCUT2D eigenvalue weighted by atomic mass is 10.2. The van der Waals surface area contributed by atoms with E-state index in [1.54, 1.807) is 7.11 Å². The van der Waals surface area contributed by atoms with Crippen LogP contribution in [0.2, 0.25) is 0 Å². The average molecular weight is 240 g/mol. The van der Waals surface area contributed by atoms with Crippen molar-refractivity contribution >= 4 is 5.91 Å². The lowest BCUT2D eigenvalue weighted by Crippen LogP contribution is -2.39. The van der Waals surface area contributed by atoms with Crippen molar-refractivity contribution in [3.8, 4) is 0 Å². The number of nitrogens with zero attached hydrogens (tertiary/aromatic N) is 1. The normalized spacial score (nSPS) is 24.6. The predicted molar refractivity (Wildman–Crippen MR) is 66.9 cm³/mol. The third-order valence-corrected chi connectivity index (χ3v) is 3.59. The quantitative estimate of drug-likeness (QED) is 0.647. The molecule has 17 heavy (non-hydrogen) atoms. The van der Waals surface area contributed by atoms with Gasteiger partial charge in [0.15, 0.2) is 0 Å². The van der Waals surface area contributed by atoms with Gasteiger partial charge in [0.25, 0.3) is 0 Å². The third-order valence-electron chi connectivity index (χ3n) is 3.59. The van der Waals surface area contributed by atoms with Gasteiger partial charge in [-0.2, -0.15) is 0 Å². The first-order valence-corrected chi connectivity index (χ1v) is 6.85. The highest BCUT2D eigenvalue weighted by molar-refractivity contribution is 5.84. The first-order chi connectivity index (χ1) is 8.31. The molecular formula is C13H24N2O2. The van der Waals surface area contributed by atoms with Gasteiger partial charge in [-0.05, 0) is 38.5 Å². The van der Waals surface area contributed by atoms with Crippen molar-refractivity contribution in [3.63, 3.8) is 0 Å². The zero-order valence-corrected chi connectivity index (χ0v) is 10.8. The Balaban J connectivity index is 1.59. The highest BCUT2D eigenvalue weighted by Gasteiger charge is 2.34. The van der Waals surface area contributed by atoms with E-state index in [9.17, 15) is 4.79 Å². The van der Waals surface area contributed by atoms with Crippen molar-refractivity contribution in [2.45, 2.75) is 50.6 Å². The molecule has 4 heteroatoms. The second-order valence-electron chi connectivity index (χ2n) is 5.16. The fourth-order valence-corrected chi connectivity index (χ4v) is 2.38. The summed E-state index contributed by atoms with van der Waals surface area (Å²) < 4.78 is 5.01. The van der Waals surface area contributed by atoms with Crippen LogP contribution in [0.15, 0.2) is 0 Å². The number of likely N-dealkylation sites (tertiary alicyclic amines) is 1. The van der Waals surface area contributed by atoms with Crippen LogP contribution < -0.4 is 5.32 Å². The minimum Gasteiger partial charge on any atom is -0.385 e. The second-order valence-corrected chi connectivity index (χ2v) is 5.16. The molecule has 1 N–H and O–H groups in total. The fourth-order valence-electron chi connectivity index (χ4n) is 2.38. The van der Waals surface area contributed by atoms with Gasteiger partial charge >= 0.3 is 0 Å². The highest BCUT2D eigenvalue weighted by atomic mass is 16.5. The van der Waals surface area contributed by atoms with Gasteiger partial charge in [0.2, 0.25) is 5.91 Å². The SMILES string of the molecule is COCCCCCN1CCC(NC2CC2)C1=O. The smallest absolute Gasteiger partial charge is 0.239 e. The van der Waals surface area contributed by atoms with Crippen LogP contribution in [-0.4, -0.2) is 49.7 Å². The number of hydrogen-bond donors (Lipinski definition) is 1. The van der Waals surface area contributed by atoms with E-state index in [1.807, 2.05) is 4.90 Å². The van der Waals surface area contributed by atoms with Gasteiger partial charge in [0, 0.05) is 32.8 Å². The summed E-state index contributed by atoms with van der Waals surface area (Å²) in [7, 11) is 1.73. The molecule has 1 atom stereocenters. The van der Waals surface area contributed by atoms with Gasteiger partial charge in [-0.15, -0.1) is 0 Å². The van der Waals surface area contributed by atoms with Gasteiger partial charge < -0.3 is 15.0 Å². The molecule has 98 valence electrons. The predicted octanol–water partition coefficient (Wildman–Crippen LogP) is 1.16. The topological polar surface area (TPSA) is 41.6 Å². The Labute approximate surface area is 104 Å². The van der Waals surface area contributed by atoms with E-state index in [1.165, 1.54) is 12.8 Å². The molecule has 1 unspecified atom stereocenters. The summed E-state index contributed by atoms with van der Waals surface area (Å²) in [5.41, 5.74) is 0. The summed E-state index contributed by atoms with van der Waals surface area (Å²) in [6.07, 6.45) is 6.85. The largest absolute Gasteiger partial charge is 0.385 e. The zero-order valence-electron chi connectivity index (χ0n) is 10.8. The summed E-state index contributed by atoms with van der Waals surface area (Å²) in [5.74, 6) is 0.323. The van der Waals surface area contributed by atoms with Crippen molar-refractivity contribution in [3.05, 3.63) is 0 Å². The molecule has 1 saturated heterocycles. The van der Waals surface area contributed by atoms with Crippen molar-refractivity contribution in [1.82, 2.24) is 10.2 Å². The Kier molecular flexibility index (Phi) is 4.80. The van der Waals surface area contributed by atoms with Gasteiger partial charge in [-0.25, -0.2) is 0 Å². The van der Waals surface area contributed by atoms with Crippen molar-refractivity contribution in [2.24, 2.45) is 0 Å². The van der Waals surface area contributed by atoms with Gasteiger partial charge in [-0.3, -0.25) is 4.79 Å². The van der Waals surface area contributed by atoms with Crippen LogP contribution in [0.1, 0.15) is 38.5 Å². The molecule has 2 fully saturated rings. The maximum absolute atomic E-state index is 12.0. The van der Waals surface area contributed by atoms with Gasteiger partial charge in [0.1, 0.15) is 0 Å². The number of ether oxygens (including phenoxy) is 1. The molecule has 1 aliphatic heterocycles. The summed E-state index contributed by atoms with van der Waals surface area (Å²) >= 11 is 0. The van der Waals surface area contributed by atoms with Crippen LogP contribution in [0.5, 0.6) is 0 Å². The van der Waals surface area contributed by atoms with Crippen LogP contribution in [-0.2, 0) is 9.53 Å². The first-order valence-electron chi connectivity index (χ1n) is 6.85. The van der Waals surface area contributed by atoms with Crippen LogP contribution in [0.3, 0.4) is 0 Å². The van der Waals surface area contributed by atoms with E-state index < -0.39 is 0 Å². The molecule has 0 spiro atoms. The Bertz CT molecular complexity index is 254.